The van der Waals surface area contributed by atoms with Crippen LogP contribution in [0.5, 0.6) is 0 Å². The van der Waals surface area contributed by atoms with Gasteiger partial charge in [0.05, 0.1) is 11.2 Å². The van der Waals surface area contributed by atoms with Gasteiger partial charge in [-0.2, -0.15) is 0 Å². The molecule has 114 valence electrons. The number of pyridine rings is 2. The summed E-state index contributed by atoms with van der Waals surface area (Å²) >= 11 is 0. The molecule has 0 bridgehead atoms. The van der Waals surface area contributed by atoms with Crippen molar-refractivity contribution in [2.75, 3.05) is 5.73 Å². The van der Waals surface area contributed by atoms with Crippen LogP contribution >= 0.6 is 12.4 Å². The Morgan fingerprint density at radius 1 is 1.00 bits per heavy atom. The average Bonchev–Trinajstić information content (AvgIpc) is 2.46. The monoisotopic (exact) mass is 313 g/mol. The van der Waals surface area contributed by atoms with Crippen LogP contribution in [0, 0.1) is 5.92 Å². The number of anilines is 1. The summed E-state index contributed by atoms with van der Waals surface area (Å²) in [6.07, 6.45) is 2.74. The van der Waals surface area contributed by atoms with Gasteiger partial charge in [-0.3, -0.25) is 4.98 Å². The summed E-state index contributed by atoms with van der Waals surface area (Å²) in [5.74, 6) is 1.10. The number of aromatic nitrogens is 2. The van der Waals surface area contributed by atoms with E-state index in [1.165, 1.54) is 0 Å². The van der Waals surface area contributed by atoms with Crippen molar-refractivity contribution in [2.24, 2.45) is 5.92 Å². The predicted molar refractivity (Wildman–Crippen MR) is 95.2 cm³/mol. The lowest BCUT2D eigenvalue weighted by molar-refractivity contribution is 0.637. The van der Waals surface area contributed by atoms with Gasteiger partial charge in [0.15, 0.2) is 0 Å². The molecule has 2 heterocycles. The van der Waals surface area contributed by atoms with Crippen LogP contribution in [0.3, 0.4) is 0 Å². The molecule has 0 radical (unpaired) electrons. The lowest BCUT2D eigenvalue weighted by atomic mass is 9.96. The first-order valence-electron chi connectivity index (χ1n) is 7.24. The summed E-state index contributed by atoms with van der Waals surface area (Å²) in [4.78, 5) is 9.09. The summed E-state index contributed by atoms with van der Waals surface area (Å²) in [5.41, 5.74) is 10.2. The fourth-order valence-electron chi connectivity index (χ4n) is 2.63. The number of hydrogen-bond donors (Lipinski definition) is 1. The standard InChI is InChI=1S/C18H19N3.ClH/c1-12(2)11-16-14(8-9-17(19)21-16)15-7-3-5-13-6-4-10-20-18(13)15;/h3-10,12H,11H2,1-2H3,(H2,19,21);1H. The normalized spacial score (nSPS) is 10.7. The van der Waals surface area contributed by atoms with Crippen LogP contribution in [0.1, 0.15) is 19.5 Å². The van der Waals surface area contributed by atoms with Crippen molar-refractivity contribution in [1.29, 1.82) is 0 Å². The summed E-state index contributed by atoms with van der Waals surface area (Å²) in [5, 5.41) is 1.14. The molecule has 0 unspecified atom stereocenters. The highest BCUT2D eigenvalue weighted by atomic mass is 35.5. The SMILES string of the molecule is CC(C)Cc1nc(N)ccc1-c1cccc2cccnc12.Cl. The van der Waals surface area contributed by atoms with Gasteiger partial charge in [0.2, 0.25) is 0 Å². The molecule has 0 atom stereocenters. The van der Waals surface area contributed by atoms with Crippen molar-refractivity contribution in [3.05, 3.63) is 54.4 Å². The molecule has 0 saturated heterocycles. The zero-order valence-electron chi connectivity index (χ0n) is 12.8. The highest BCUT2D eigenvalue weighted by molar-refractivity contribution is 5.94. The number of para-hydroxylation sites is 1. The van der Waals surface area contributed by atoms with E-state index in [0.717, 1.165) is 34.1 Å². The first kappa shape index (κ1) is 16.2. The number of rotatable bonds is 3. The number of hydrogen-bond acceptors (Lipinski definition) is 3. The molecule has 2 N–H and O–H groups in total. The Balaban J connectivity index is 0.00000176. The Bertz CT molecular complexity index is 779. The topological polar surface area (TPSA) is 51.8 Å². The zero-order chi connectivity index (χ0) is 14.8. The Morgan fingerprint density at radius 2 is 1.77 bits per heavy atom. The van der Waals surface area contributed by atoms with Crippen LogP contribution in [0.25, 0.3) is 22.0 Å². The molecular weight excluding hydrogens is 294 g/mol. The lowest BCUT2D eigenvalue weighted by Gasteiger charge is -2.13. The maximum absolute atomic E-state index is 5.87. The van der Waals surface area contributed by atoms with Gasteiger partial charge < -0.3 is 5.73 Å². The van der Waals surface area contributed by atoms with Gasteiger partial charge in [0.25, 0.3) is 0 Å². The fraction of sp³-hybridized carbons (Fsp3) is 0.222. The second-order valence-electron chi connectivity index (χ2n) is 5.71. The maximum atomic E-state index is 5.87. The van der Waals surface area contributed by atoms with E-state index in [9.17, 15) is 0 Å². The van der Waals surface area contributed by atoms with E-state index in [2.05, 4.69) is 54.1 Å². The van der Waals surface area contributed by atoms with Gasteiger partial charge in [-0.25, -0.2) is 4.98 Å². The molecule has 0 aliphatic heterocycles. The van der Waals surface area contributed by atoms with E-state index in [0.29, 0.717) is 11.7 Å². The molecule has 0 amide bonds. The van der Waals surface area contributed by atoms with Crippen molar-refractivity contribution in [1.82, 2.24) is 9.97 Å². The number of fused-ring (bicyclic) bond motifs is 1. The number of benzene rings is 1. The molecule has 4 heteroatoms. The number of nitrogen functional groups attached to an aromatic ring is 1. The van der Waals surface area contributed by atoms with E-state index in [1.54, 1.807) is 0 Å². The van der Waals surface area contributed by atoms with Crippen LogP contribution < -0.4 is 5.73 Å². The van der Waals surface area contributed by atoms with Crippen LogP contribution in [0.15, 0.2) is 48.7 Å². The third-order valence-corrected chi connectivity index (χ3v) is 3.52. The molecule has 3 nitrogen and oxygen atoms in total. The van der Waals surface area contributed by atoms with E-state index in [4.69, 9.17) is 5.73 Å². The molecule has 3 aromatic rings. The van der Waals surface area contributed by atoms with Crippen molar-refractivity contribution in [3.63, 3.8) is 0 Å². The van der Waals surface area contributed by atoms with Crippen LogP contribution in [0.2, 0.25) is 0 Å². The van der Waals surface area contributed by atoms with Gasteiger partial charge in [-0.1, -0.05) is 38.1 Å². The van der Waals surface area contributed by atoms with Gasteiger partial charge in [-0.15, -0.1) is 12.4 Å². The zero-order valence-corrected chi connectivity index (χ0v) is 13.6. The first-order chi connectivity index (χ1) is 10.1. The van der Waals surface area contributed by atoms with Gasteiger partial charge in [0.1, 0.15) is 5.82 Å². The minimum absolute atomic E-state index is 0. The smallest absolute Gasteiger partial charge is 0.123 e. The van der Waals surface area contributed by atoms with Crippen molar-refractivity contribution in [3.8, 4) is 11.1 Å². The fourth-order valence-corrected chi connectivity index (χ4v) is 2.63. The summed E-state index contributed by atoms with van der Waals surface area (Å²) < 4.78 is 0. The van der Waals surface area contributed by atoms with Crippen LogP contribution in [0.4, 0.5) is 5.82 Å². The second kappa shape index (κ2) is 6.75. The largest absolute Gasteiger partial charge is 0.384 e. The summed E-state index contributed by atoms with van der Waals surface area (Å²) in [6, 6.07) is 14.2. The highest BCUT2D eigenvalue weighted by Gasteiger charge is 2.12. The molecule has 3 rings (SSSR count). The summed E-state index contributed by atoms with van der Waals surface area (Å²) in [6.45, 7) is 4.38. The van der Waals surface area contributed by atoms with Crippen molar-refractivity contribution in [2.45, 2.75) is 20.3 Å². The molecular formula is C18H20ClN3. The third-order valence-electron chi connectivity index (χ3n) is 3.52. The third kappa shape index (κ3) is 3.20. The Labute approximate surface area is 137 Å². The Kier molecular flexibility index (Phi) is 4.99. The lowest BCUT2D eigenvalue weighted by Crippen LogP contribution is -2.03. The van der Waals surface area contributed by atoms with E-state index in [-0.39, 0.29) is 12.4 Å². The molecule has 0 saturated carbocycles. The molecule has 0 aliphatic rings. The second-order valence-corrected chi connectivity index (χ2v) is 5.71. The molecule has 0 spiro atoms. The quantitative estimate of drug-likeness (QED) is 0.774. The number of halogens is 1. The van der Waals surface area contributed by atoms with Crippen molar-refractivity contribution >= 4 is 29.1 Å². The minimum Gasteiger partial charge on any atom is -0.384 e. The first-order valence-corrected chi connectivity index (χ1v) is 7.24. The van der Waals surface area contributed by atoms with Crippen LogP contribution in [-0.4, -0.2) is 9.97 Å². The predicted octanol–water partition coefficient (Wildman–Crippen LogP) is 4.50. The Hall–Kier alpha value is -2.13. The number of nitrogens with zero attached hydrogens (tertiary/aromatic N) is 2. The highest BCUT2D eigenvalue weighted by Crippen LogP contribution is 2.30. The van der Waals surface area contributed by atoms with E-state index < -0.39 is 0 Å². The van der Waals surface area contributed by atoms with Crippen molar-refractivity contribution < 1.29 is 0 Å². The van der Waals surface area contributed by atoms with E-state index in [1.807, 2.05) is 18.3 Å². The molecule has 1 aromatic carbocycles. The minimum atomic E-state index is 0. The van der Waals surface area contributed by atoms with Gasteiger partial charge in [0, 0.05) is 22.7 Å². The number of nitrogens with two attached hydrogens (primary N) is 1. The molecule has 22 heavy (non-hydrogen) atoms. The van der Waals surface area contributed by atoms with Gasteiger partial charge >= 0.3 is 0 Å². The van der Waals surface area contributed by atoms with E-state index >= 15 is 0 Å². The molecule has 0 fully saturated rings. The van der Waals surface area contributed by atoms with Crippen LogP contribution in [-0.2, 0) is 6.42 Å². The Morgan fingerprint density at radius 3 is 2.55 bits per heavy atom. The maximum Gasteiger partial charge on any atom is 0.123 e. The van der Waals surface area contributed by atoms with Gasteiger partial charge in [-0.05, 0) is 30.5 Å². The summed E-state index contributed by atoms with van der Waals surface area (Å²) in [7, 11) is 0. The molecule has 0 aliphatic carbocycles. The molecule has 2 aromatic heterocycles. The average molecular weight is 314 g/mol.